The lowest BCUT2D eigenvalue weighted by Gasteiger charge is -2.36. The fourth-order valence-corrected chi connectivity index (χ4v) is 4.24. The second-order valence-electron chi connectivity index (χ2n) is 7.72. The zero-order chi connectivity index (χ0) is 18.0. The van der Waals surface area contributed by atoms with E-state index in [2.05, 4.69) is 26.7 Å². The Hall–Kier alpha value is -0.360. The molecule has 0 aromatic heterocycles. The molecule has 0 aliphatic heterocycles. The van der Waals surface area contributed by atoms with Gasteiger partial charge in [-0.2, -0.15) is 0 Å². The summed E-state index contributed by atoms with van der Waals surface area (Å²) in [4.78, 5) is 0. The van der Waals surface area contributed by atoms with Crippen molar-refractivity contribution in [2.24, 2.45) is 0 Å². The van der Waals surface area contributed by atoms with Gasteiger partial charge in [0.1, 0.15) is 10.6 Å². The molecule has 1 aromatic carbocycles. The van der Waals surface area contributed by atoms with E-state index in [4.69, 9.17) is 0 Å². The van der Waals surface area contributed by atoms with Crippen LogP contribution in [0.3, 0.4) is 0 Å². The molecule has 2 rings (SSSR count). The van der Waals surface area contributed by atoms with Gasteiger partial charge in [0.25, 0.3) is 0 Å². The van der Waals surface area contributed by atoms with Gasteiger partial charge < -0.3 is 4.55 Å². The van der Waals surface area contributed by atoms with Crippen LogP contribution in [-0.4, -0.2) is 9.30 Å². The molecule has 1 aromatic rings. The lowest BCUT2D eigenvalue weighted by atomic mass is 9.83. The Morgan fingerprint density at radius 1 is 1.25 bits per heavy atom. The van der Waals surface area contributed by atoms with Gasteiger partial charge in [0.2, 0.25) is 0 Å². The van der Waals surface area contributed by atoms with Crippen molar-refractivity contribution in [3.05, 3.63) is 45.7 Å². The van der Waals surface area contributed by atoms with Crippen LogP contribution in [0.15, 0.2) is 34.3 Å². The number of halogens is 2. The van der Waals surface area contributed by atoms with E-state index >= 15 is 0 Å². The van der Waals surface area contributed by atoms with Crippen LogP contribution in [0.4, 0.5) is 4.39 Å². The average Bonchev–Trinajstić information content (AvgIpc) is 2.49. The van der Waals surface area contributed by atoms with E-state index in [9.17, 15) is 8.94 Å². The fraction of sp³-hybridized carbons (Fsp3) is 0.579. The maximum absolute atomic E-state index is 14.6. The predicted octanol–water partition coefficient (Wildman–Crippen LogP) is 5.75. The Bertz CT molecular complexity index is 614. The summed E-state index contributed by atoms with van der Waals surface area (Å²) in [5.74, 6) is -0.268. The summed E-state index contributed by atoms with van der Waals surface area (Å²) < 4.78 is 31.0. The molecular weight excluding hydrogens is 389 g/mol. The molecule has 0 amide bonds. The highest BCUT2D eigenvalue weighted by Gasteiger charge is 2.39. The maximum atomic E-state index is 14.6. The molecule has 2 unspecified atom stereocenters. The Morgan fingerprint density at radius 2 is 1.96 bits per heavy atom. The first-order valence-corrected chi connectivity index (χ1v) is 10.4. The van der Waals surface area contributed by atoms with E-state index < -0.39 is 21.6 Å². The summed E-state index contributed by atoms with van der Waals surface area (Å²) in [5.41, 5.74) is 1.16. The largest absolute Gasteiger partial charge is 0.598 e. The van der Waals surface area contributed by atoms with Crippen LogP contribution in [0.25, 0.3) is 0 Å². The van der Waals surface area contributed by atoms with Crippen molar-refractivity contribution in [2.75, 3.05) is 0 Å². The van der Waals surface area contributed by atoms with Crippen LogP contribution >= 0.6 is 15.9 Å². The zero-order valence-electron chi connectivity index (χ0n) is 14.9. The van der Waals surface area contributed by atoms with E-state index in [0.717, 1.165) is 17.3 Å². The maximum Gasteiger partial charge on any atom is 0.136 e. The summed E-state index contributed by atoms with van der Waals surface area (Å²) in [7, 11) is 0. The monoisotopic (exact) mass is 415 g/mol. The molecule has 0 heterocycles. The lowest BCUT2D eigenvalue weighted by Crippen LogP contribution is -2.50. The highest BCUT2D eigenvalue weighted by atomic mass is 79.9. The first-order valence-electron chi connectivity index (χ1n) is 8.45. The minimum Gasteiger partial charge on any atom is -0.598 e. The van der Waals surface area contributed by atoms with Crippen molar-refractivity contribution >= 4 is 27.3 Å². The second-order valence-corrected chi connectivity index (χ2v) is 10.6. The first kappa shape index (κ1) is 20.0. The number of hydrogen-bond donors (Lipinski definition) is 1. The molecule has 0 radical (unpaired) electrons. The molecule has 1 aliphatic rings. The Labute approximate surface area is 156 Å². The van der Waals surface area contributed by atoms with E-state index in [0.29, 0.717) is 12.0 Å². The normalized spacial score (nSPS) is 19.5. The van der Waals surface area contributed by atoms with Crippen molar-refractivity contribution in [1.82, 2.24) is 4.72 Å². The van der Waals surface area contributed by atoms with Crippen LogP contribution in [0.1, 0.15) is 65.4 Å². The molecule has 2 atom stereocenters. The van der Waals surface area contributed by atoms with E-state index in [-0.39, 0.29) is 5.82 Å². The summed E-state index contributed by atoms with van der Waals surface area (Å²) in [5, 5.41) is 0. The van der Waals surface area contributed by atoms with Crippen molar-refractivity contribution < 1.29 is 8.94 Å². The molecule has 0 saturated heterocycles. The summed E-state index contributed by atoms with van der Waals surface area (Å²) >= 11 is 2.15. The molecule has 1 N–H and O–H groups in total. The van der Waals surface area contributed by atoms with Crippen molar-refractivity contribution in [3.63, 3.8) is 0 Å². The minimum atomic E-state index is -1.29. The van der Waals surface area contributed by atoms with Crippen molar-refractivity contribution in [2.45, 2.75) is 70.1 Å². The summed E-state index contributed by atoms with van der Waals surface area (Å²) in [6.45, 7) is 7.73. The number of benzene rings is 1. The van der Waals surface area contributed by atoms with Crippen LogP contribution < -0.4 is 4.72 Å². The summed E-state index contributed by atoms with van der Waals surface area (Å²) in [6.07, 6.45) is 7.43. The van der Waals surface area contributed by atoms with Gasteiger partial charge in [0, 0.05) is 21.4 Å². The number of allylic oxidation sites excluding steroid dienone is 1. The smallest absolute Gasteiger partial charge is 0.136 e. The third-order valence-corrected chi connectivity index (χ3v) is 6.60. The fourth-order valence-electron chi connectivity index (χ4n) is 2.98. The molecule has 0 fully saturated rings. The molecular formula is C19H27BrFNOS. The highest BCUT2D eigenvalue weighted by molar-refractivity contribution is 9.10. The summed E-state index contributed by atoms with van der Waals surface area (Å²) in [6, 6.07) is 4.96. The standard InChI is InChI=1S/C19H27BrFNOS/c1-18(2,3)24(23)22-19(4,13-14-8-6-5-7-9-14)16-12-15(20)10-11-17(16)21/h8,10-12,22H,5-7,9,13H2,1-4H3. The highest BCUT2D eigenvalue weighted by Crippen LogP contribution is 2.36. The van der Waals surface area contributed by atoms with Gasteiger partial charge in [-0.25, -0.2) is 4.39 Å². The molecule has 0 saturated carbocycles. The quantitative estimate of drug-likeness (QED) is 0.490. The van der Waals surface area contributed by atoms with Crippen molar-refractivity contribution in [3.8, 4) is 0 Å². The molecule has 24 heavy (non-hydrogen) atoms. The Kier molecular flexibility index (Phi) is 6.57. The van der Waals surface area contributed by atoms with Gasteiger partial charge in [-0.3, -0.25) is 0 Å². The molecule has 1 aliphatic carbocycles. The second kappa shape index (κ2) is 7.90. The van der Waals surface area contributed by atoms with Gasteiger partial charge in [-0.1, -0.05) is 27.6 Å². The molecule has 134 valence electrons. The molecule has 5 heteroatoms. The first-order chi connectivity index (χ1) is 11.1. The molecule has 0 spiro atoms. The third-order valence-electron chi connectivity index (χ3n) is 4.36. The van der Waals surface area contributed by atoms with E-state index in [1.54, 1.807) is 12.1 Å². The molecule has 0 bridgehead atoms. The lowest BCUT2D eigenvalue weighted by molar-refractivity contribution is 0.391. The number of rotatable bonds is 5. The minimum absolute atomic E-state index is 0.268. The van der Waals surface area contributed by atoms with E-state index in [1.165, 1.54) is 24.5 Å². The Balaban J connectivity index is 2.39. The molecule has 2 nitrogen and oxygen atoms in total. The number of hydrogen-bond acceptors (Lipinski definition) is 2. The number of nitrogens with one attached hydrogen (secondary N) is 1. The van der Waals surface area contributed by atoms with Crippen LogP contribution in [0.2, 0.25) is 0 Å². The topological polar surface area (TPSA) is 35.1 Å². The van der Waals surface area contributed by atoms with Crippen LogP contribution in [0.5, 0.6) is 0 Å². The van der Waals surface area contributed by atoms with Gasteiger partial charge in [0.15, 0.2) is 0 Å². The Morgan fingerprint density at radius 3 is 2.54 bits per heavy atom. The zero-order valence-corrected chi connectivity index (χ0v) is 17.3. The van der Waals surface area contributed by atoms with Crippen LogP contribution in [0, 0.1) is 5.82 Å². The van der Waals surface area contributed by atoms with E-state index in [1.807, 2.05) is 27.7 Å². The van der Waals surface area contributed by atoms with Crippen LogP contribution in [-0.2, 0) is 16.9 Å². The predicted molar refractivity (Wildman–Crippen MR) is 104 cm³/mol. The van der Waals surface area contributed by atoms with Gasteiger partial charge in [0.05, 0.1) is 5.54 Å². The van der Waals surface area contributed by atoms with Gasteiger partial charge in [-0.05, 0) is 78.0 Å². The third kappa shape index (κ3) is 5.07. The average molecular weight is 416 g/mol. The van der Waals surface area contributed by atoms with Gasteiger partial charge >= 0.3 is 0 Å². The van der Waals surface area contributed by atoms with Gasteiger partial charge in [-0.15, -0.1) is 4.72 Å². The van der Waals surface area contributed by atoms with Crippen molar-refractivity contribution in [1.29, 1.82) is 0 Å². The SMILES string of the molecule is CC(CC1=CCCCC1)(N[S+]([O-])C(C)(C)C)c1cc(Br)ccc1F.